The van der Waals surface area contributed by atoms with Gasteiger partial charge in [0.25, 0.3) is 0 Å². The Kier molecular flexibility index (Phi) is 0.487. The summed E-state index contributed by atoms with van der Waals surface area (Å²) < 4.78 is 0. The summed E-state index contributed by atoms with van der Waals surface area (Å²) in [7, 11) is 0. The summed E-state index contributed by atoms with van der Waals surface area (Å²) in [6.07, 6.45) is 4.34. The Morgan fingerprint density at radius 1 is 1.71 bits per heavy atom. The standard InChI is InChI=1S/C6H11N/c7-4-6-2-1-5(6)3-6/h5H,1-4,7H2. The quantitative estimate of drug-likeness (QED) is 0.513. The highest BCUT2D eigenvalue weighted by atomic mass is 14.7. The van der Waals surface area contributed by atoms with Crippen molar-refractivity contribution in [2.75, 3.05) is 6.54 Å². The normalized spacial score (nSPS) is 55.3. The molecule has 0 aliphatic heterocycles. The first-order valence-corrected chi connectivity index (χ1v) is 3.07. The molecule has 0 spiro atoms. The van der Waals surface area contributed by atoms with Crippen LogP contribution in [-0.4, -0.2) is 6.54 Å². The largest absolute Gasteiger partial charge is 0.330 e. The SMILES string of the molecule is NCC12CCC1C2. The van der Waals surface area contributed by atoms with Crippen molar-refractivity contribution in [1.82, 2.24) is 0 Å². The van der Waals surface area contributed by atoms with E-state index in [1.807, 2.05) is 0 Å². The van der Waals surface area contributed by atoms with Crippen LogP contribution in [0.25, 0.3) is 0 Å². The molecular weight excluding hydrogens is 86.1 g/mol. The van der Waals surface area contributed by atoms with Crippen LogP contribution >= 0.6 is 0 Å². The van der Waals surface area contributed by atoms with E-state index in [2.05, 4.69) is 0 Å². The van der Waals surface area contributed by atoms with Crippen molar-refractivity contribution >= 4 is 0 Å². The molecule has 1 heteroatoms. The van der Waals surface area contributed by atoms with Crippen LogP contribution in [0.3, 0.4) is 0 Å². The fourth-order valence-corrected chi connectivity index (χ4v) is 1.74. The third-order valence-electron chi connectivity index (χ3n) is 2.76. The van der Waals surface area contributed by atoms with Crippen molar-refractivity contribution in [1.29, 1.82) is 0 Å². The lowest BCUT2D eigenvalue weighted by Crippen LogP contribution is -2.24. The summed E-state index contributed by atoms with van der Waals surface area (Å²) in [6.45, 7) is 0.956. The maximum Gasteiger partial charge on any atom is -0.00178 e. The van der Waals surface area contributed by atoms with Gasteiger partial charge in [0.2, 0.25) is 0 Å². The molecule has 0 aromatic heterocycles. The van der Waals surface area contributed by atoms with Crippen LogP contribution < -0.4 is 5.73 Å². The molecule has 2 rings (SSSR count). The van der Waals surface area contributed by atoms with Crippen molar-refractivity contribution < 1.29 is 0 Å². The summed E-state index contributed by atoms with van der Waals surface area (Å²) in [5, 5.41) is 0. The highest BCUT2D eigenvalue weighted by molar-refractivity contribution is 5.10. The molecule has 2 aliphatic rings. The number of rotatable bonds is 1. The molecule has 2 unspecified atom stereocenters. The molecule has 0 radical (unpaired) electrons. The van der Waals surface area contributed by atoms with Crippen molar-refractivity contribution in [2.45, 2.75) is 19.3 Å². The van der Waals surface area contributed by atoms with E-state index in [4.69, 9.17) is 5.73 Å². The van der Waals surface area contributed by atoms with E-state index >= 15 is 0 Å². The summed E-state index contributed by atoms with van der Waals surface area (Å²) in [4.78, 5) is 0. The highest BCUT2D eigenvalue weighted by Crippen LogP contribution is 2.66. The number of nitrogens with two attached hydrogens (primary N) is 1. The third kappa shape index (κ3) is 0.290. The zero-order valence-electron chi connectivity index (χ0n) is 4.48. The Balaban J connectivity index is 2.06. The lowest BCUT2D eigenvalue weighted by Gasteiger charge is -2.22. The van der Waals surface area contributed by atoms with Crippen LogP contribution in [0.2, 0.25) is 0 Å². The molecule has 0 aromatic carbocycles. The second kappa shape index (κ2) is 0.873. The molecule has 2 N–H and O–H groups in total. The zero-order chi connectivity index (χ0) is 4.91. The van der Waals surface area contributed by atoms with E-state index in [-0.39, 0.29) is 0 Å². The minimum absolute atomic E-state index is 0.708. The van der Waals surface area contributed by atoms with Gasteiger partial charge in [0.15, 0.2) is 0 Å². The summed E-state index contributed by atoms with van der Waals surface area (Å²) in [5.74, 6) is 1.07. The fourth-order valence-electron chi connectivity index (χ4n) is 1.74. The topological polar surface area (TPSA) is 26.0 Å². The molecule has 0 bridgehead atoms. The Morgan fingerprint density at radius 3 is 2.57 bits per heavy atom. The molecule has 2 atom stereocenters. The molecule has 0 amide bonds. The van der Waals surface area contributed by atoms with Crippen LogP contribution in [-0.2, 0) is 0 Å². The van der Waals surface area contributed by atoms with Gasteiger partial charge in [0.05, 0.1) is 0 Å². The molecule has 0 saturated heterocycles. The molecule has 2 saturated carbocycles. The van der Waals surface area contributed by atoms with Crippen molar-refractivity contribution in [3.8, 4) is 0 Å². The van der Waals surface area contributed by atoms with E-state index in [1.165, 1.54) is 19.3 Å². The predicted octanol–water partition coefficient (Wildman–Crippen LogP) is 0.745. The maximum absolute atomic E-state index is 5.51. The van der Waals surface area contributed by atoms with E-state index in [9.17, 15) is 0 Å². The van der Waals surface area contributed by atoms with Crippen molar-refractivity contribution in [2.24, 2.45) is 17.1 Å². The van der Waals surface area contributed by atoms with Crippen molar-refractivity contribution in [3.63, 3.8) is 0 Å². The van der Waals surface area contributed by atoms with Gasteiger partial charge < -0.3 is 5.73 Å². The van der Waals surface area contributed by atoms with Gasteiger partial charge in [-0.15, -0.1) is 0 Å². The highest BCUT2D eigenvalue weighted by Gasteiger charge is 2.59. The number of hydrogen-bond acceptors (Lipinski definition) is 1. The Hall–Kier alpha value is -0.0400. The van der Waals surface area contributed by atoms with Crippen LogP contribution in [0, 0.1) is 11.3 Å². The van der Waals surface area contributed by atoms with Gasteiger partial charge in [-0.05, 0) is 37.1 Å². The summed E-state index contributed by atoms with van der Waals surface area (Å²) in [6, 6.07) is 0. The first-order chi connectivity index (χ1) is 3.37. The molecular formula is C6H11N. The molecule has 2 fully saturated rings. The maximum atomic E-state index is 5.51. The smallest absolute Gasteiger partial charge is 0.00178 e. The van der Waals surface area contributed by atoms with Crippen LogP contribution in [0.4, 0.5) is 0 Å². The molecule has 1 nitrogen and oxygen atoms in total. The fraction of sp³-hybridized carbons (Fsp3) is 1.00. The van der Waals surface area contributed by atoms with Crippen molar-refractivity contribution in [3.05, 3.63) is 0 Å². The zero-order valence-corrected chi connectivity index (χ0v) is 4.48. The average molecular weight is 97.2 g/mol. The Morgan fingerprint density at radius 2 is 2.57 bits per heavy atom. The first kappa shape index (κ1) is 3.90. The van der Waals surface area contributed by atoms with Gasteiger partial charge >= 0.3 is 0 Å². The number of fused-ring (bicyclic) bond motifs is 1. The van der Waals surface area contributed by atoms with Crippen LogP contribution in [0.1, 0.15) is 19.3 Å². The van der Waals surface area contributed by atoms with E-state index in [0.29, 0.717) is 5.41 Å². The van der Waals surface area contributed by atoms with E-state index < -0.39 is 0 Å². The predicted molar refractivity (Wildman–Crippen MR) is 28.8 cm³/mol. The van der Waals surface area contributed by atoms with Crippen LogP contribution in [0.5, 0.6) is 0 Å². The van der Waals surface area contributed by atoms with Gasteiger partial charge in [-0.3, -0.25) is 0 Å². The Labute approximate surface area is 43.9 Å². The second-order valence-electron chi connectivity index (χ2n) is 3.01. The summed E-state index contributed by atoms with van der Waals surface area (Å²) >= 11 is 0. The average Bonchev–Trinajstić information content (AvgIpc) is 2.12. The Bertz CT molecular complexity index is 90.8. The monoisotopic (exact) mass is 97.1 g/mol. The minimum Gasteiger partial charge on any atom is -0.330 e. The minimum atomic E-state index is 0.708. The second-order valence-corrected chi connectivity index (χ2v) is 3.01. The van der Waals surface area contributed by atoms with Gasteiger partial charge in [0.1, 0.15) is 0 Å². The lowest BCUT2D eigenvalue weighted by atomic mass is 9.85. The van der Waals surface area contributed by atoms with Gasteiger partial charge in [-0.1, -0.05) is 0 Å². The lowest BCUT2D eigenvalue weighted by molar-refractivity contribution is 0.303. The van der Waals surface area contributed by atoms with Gasteiger partial charge in [-0.2, -0.15) is 0 Å². The van der Waals surface area contributed by atoms with Gasteiger partial charge in [-0.25, -0.2) is 0 Å². The molecule has 0 heterocycles. The molecule has 7 heavy (non-hydrogen) atoms. The van der Waals surface area contributed by atoms with Gasteiger partial charge in [0, 0.05) is 0 Å². The van der Waals surface area contributed by atoms with E-state index in [1.54, 1.807) is 0 Å². The third-order valence-corrected chi connectivity index (χ3v) is 2.76. The molecule has 2 aliphatic carbocycles. The summed E-state index contributed by atoms with van der Waals surface area (Å²) in [5.41, 5.74) is 6.22. The molecule has 40 valence electrons. The first-order valence-electron chi connectivity index (χ1n) is 3.07. The molecule has 0 aromatic rings. The van der Waals surface area contributed by atoms with E-state index in [0.717, 1.165) is 12.5 Å². The number of hydrogen-bond donors (Lipinski definition) is 1. The van der Waals surface area contributed by atoms with Crippen LogP contribution in [0.15, 0.2) is 0 Å².